The van der Waals surface area contributed by atoms with Crippen LogP contribution in [0.3, 0.4) is 0 Å². The molecule has 1 unspecified atom stereocenters. The minimum Gasteiger partial charge on any atom is -0.392 e. The molecule has 13 heavy (non-hydrogen) atoms. The molecule has 2 heteroatoms. The van der Waals surface area contributed by atoms with Crippen LogP contribution >= 0.6 is 0 Å². The van der Waals surface area contributed by atoms with Crippen molar-refractivity contribution in [2.45, 2.75) is 44.6 Å². The van der Waals surface area contributed by atoms with Crippen LogP contribution in [0.25, 0.3) is 0 Å². The minimum absolute atomic E-state index is 0.0411. The summed E-state index contributed by atoms with van der Waals surface area (Å²) in [5.74, 6) is 0.612. The van der Waals surface area contributed by atoms with E-state index in [0.29, 0.717) is 5.92 Å². The molecular formula is C11H21NO. The first-order valence-corrected chi connectivity index (χ1v) is 5.76. The first-order valence-electron chi connectivity index (χ1n) is 5.76. The molecule has 2 aliphatic rings. The Kier molecular flexibility index (Phi) is 3.23. The third kappa shape index (κ3) is 2.44. The van der Waals surface area contributed by atoms with Gasteiger partial charge in [-0.05, 0) is 44.7 Å². The van der Waals surface area contributed by atoms with Gasteiger partial charge in [0.05, 0.1) is 6.10 Å². The summed E-state index contributed by atoms with van der Waals surface area (Å²) in [7, 11) is 0. The topological polar surface area (TPSA) is 23.5 Å². The van der Waals surface area contributed by atoms with Gasteiger partial charge in [0.1, 0.15) is 0 Å². The molecule has 0 aromatic carbocycles. The highest BCUT2D eigenvalue weighted by Crippen LogP contribution is 2.28. The molecule has 1 aliphatic carbocycles. The fourth-order valence-corrected chi connectivity index (χ4v) is 2.72. The van der Waals surface area contributed by atoms with Crippen LogP contribution < -0.4 is 0 Å². The van der Waals surface area contributed by atoms with Gasteiger partial charge in [0, 0.05) is 6.54 Å². The lowest BCUT2D eigenvalue weighted by Gasteiger charge is -2.23. The standard InChI is InChI=1S/C11H21NO/c13-11(10-5-1-2-6-10)9-12-7-3-4-8-12/h10-11,13H,1-9H2. The van der Waals surface area contributed by atoms with Crippen molar-refractivity contribution in [3.8, 4) is 0 Å². The number of nitrogens with zero attached hydrogens (tertiary/aromatic N) is 1. The van der Waals surface area contributed by atoms with E-state index < -0.39 is 0 Å². The summed E-state index contributed by atoms with van der Waals surface area (Å²) in [4.78, 5) is 2.42. The minimum atomic E-state index is -0.0411. The number of aliphatic hydroxyl groups excluding tert-OH is 1. The van der Waals surface area contributed by atoms with Crippen LogP contribution in [0, 0.1) is 5.92 Å². The fourth-order valence-electron chi connectivity index (χ4n) is 2.72. The first kappa shape index (κ1) is 9.47. The van der Waals surface area contributed by atoms with Gasteiger partial charge in [-0.3, -0.25) is 0 Å². The molecule has 76 valence electrons. The van der Waals surface area contributed by atoms with E-state index in [1.165, 1.54) is 51.6 Å². The average molecular weight is 183 g/mol. The second-order valence-corrected chi connectivity index (χ2v) is 4.62. The quantitative estimate of drug-likeness (QED) is 0.719. The van der Waals surface area contributed by atoms with E-state index in [-0.39, 0.29) is 6.10 Å². The van der Waals surface area contributed by atoms with Crippen molar-refractivity contribution in [3.63, 3.8) is 0 Å². The van der Waals surface area contributed by atoms with Crippen LogP contribution in [0.5, 0.6) is 0 Å². The molecule has 1 aliphatic heterocycles. The molecule has 1 saturated heterocycles. The Morgan fingerprint density at radius 3 is 2.31 bits per heavy atom. The van der Waals surface area contributed by atoms with Crippen molar-refractivity contribution in [2.75, 3.05) is 19.6 Å². The second-order valence-electron chi connectivity index (χ2n) is 4.62. The molecule has 0 amide bonds. The SMILES string of the molecule is OC(CN1CCCC1)C1CCCC1. The zero-order valence-electron chi connectivity index (χ0n) is 8.41. The summed E-state index contributed by atoms with van der Waals surface area (Å²) in [6, 6.07) is 0. The Morgan fingerprint density at radius 1 is 1.08 bits per heavy atom. The number of rotatable bonds is 3. The normalized spacial score (nSPS) is 28.4. The largest absolute Gasteiger partial charge is 0.392 e. The second kappa shape index (κ2) is 4.43. The van der Waals surface area contributed by atoms with E-state index in [2.05, 4.69) is 4.90 Å². The Labute approximate surface area is 80.9 Å². The number of hydrogen-bond donors (Lipinski definition) is 1. The maximum Gasteiger partial charge on any atom is 0.0695 e. The fraction of sp³-hybridized carbons (Fsp3) is 1.00. The molecule has 0 spiro atoms. The van der Waals surface area contributed by atoms with E-state index in [1.54, 1.807) is 0 Å². The van der Waals surface area contributed by atoms with Crippen LogP contribution in [0.4, 0.5) is 0 Å². The van der Waals surface area contributed by atoms with Gasteiger partial charge in [-0.25, -0.2) is 0 Å². The van der Waals surface area contributed by atoms with Crippen molar-refractivity contribution in [3.05, 3.63) is 0 Å². The third-order valence-electron chi connectivity index (χ3n) is 3.59. The van der Waals surface area contributed by atoms with Gasteiger partial charge in [0.2, 0.25) is 0 Å². The molecule has 2 rings (SSSR count). The predicted molar refractivity (Wildman–Crippen MR) is 53.6 cm³/mol. The van der Waals surface area contributed by atoms with E-state index in [0.717, 1.165) is 6.54 Å². The van der Waals surface area contributed by atoms with Gasteiger partial charge in [0.15, 0.2) is 0 Å². The van der Waals surface area contributed by atoms with Gasteiger partial charge < -0.3 is 10.0 Å². The van der Waals surface area contributed by atoms with Gasteiger partial charge in [-0.2, -0.15) is 0 Å². The molecule has 1 saturated carbocycles. The highest BCUT2D eigenvalue weighted by molar-refractivity contribution is 4.78. The number of aliphatic hydroxyl groups is 1. The highest BCUT2D eigenvalue weighted by atomic mass is 16.3. The number of β-amino-alcohol motifs (C(OH)–C–C–N with tert-alkyl or cyclic N) is 1. The van der Waals surface area contributed by atoms with Crippen LogP contribution in [0.2, 0.25) is 0 Å². The zero-order chi connectivity index (χ0) is 9.10. The predicted octanol–water partition coefficient (Wildman–Crippen LogP) is 1.63. The molecule has 0 bridgehead atoms. The van der Waals surface area contributed by atoms with Crippen molar-refractivity contribution in [1.29, 1.82) is 0 Å². The lowest BCUT2D eigenvalue weighted by Crippen LogP contribution is -2.34. The summed E-state index contributed by atoms with van der Waals surface area (Å²) in [6.07, 6.45) is 7.81. The first-order chi connectivity index (χ1) is 6.36. The zero-order valence-corrected chi connectivity index (χ0v) is 8.41. The van der Waals surface area contributed by atoms with Gasteiger partial charge in [0.25, 0.3) is 0 Å². The number of hydrogen-bond acceptors (Lipinski definition) is 2. The van der Waals surface area contributed by atoms with Gasteiger partial charge >= 0.3 is 0 Å². The molecule has 2 fully saturated rings. The number of likely N-dealkylation sites (tertiary alicyclic amines) is 1. The lowest BCUT2D eigenvalue weighted by atomic mass is 10.0. The van der Waals surface area contributed by atoms with Crippen LogP contribution in [0.1, 0.15) is 38.5 Å². The molecule has 1 heterocycles. The monoisotopic (exact) mass is 183 g/mol. The Hall–Kier alpha value is -0.0800. The molecular weight excluding hydrogens is 162 g/mol. The third-order valence-corrected chi connectivity index (χ3v) is 3.59. The molecule has 0 radical (unpaired) electrons. The van der Waals surface area contributed by atoms with Gasteiger partial charge in [-0.1, -0.05) is 12.8 Å². The Balaban J connectivity index is 1.73. The Morgan fingerprint density at radius 2 is 1.69 bits per heavy atom. The lowest BCUT2D eigenvalue weighted by molar-refractivity contribution is 0.0741. The smallest absolute Gasteiger partial charge is 0.0695 e. The summed E-state index contributed by atoms with van der Waals surface area (Å²) in [5.41, 5.74) is 0. The molecule has 2 nitrogen and oxygen atoms in total. The van der Waals surface area contributed by atoms with Crippen LogP contribution in [-0.4, -0.2) is 35.7 Å². The highest BCUT2D eigenvalue weighted by Gasteiger charge is 2.25. The van der Waals surface area contributed by atoms with E-state index >= 15 is 0 Å². The van der Waals surface area contributed by atoms with Crippen LogP contribution in [-0.2, 0) is 0 Å². The molecule has 1 N–H and O–H groups in total. The summed E-state index contributed by atoms with van der Waals surface area (Å²) >= 11 is 0. The molecule has 0 aromatic heterocycles. The summed E-state index contributed by atoms with van der Waals surface area (Å²) < 4.78 is 0. The van der Waals surface area contributed by atoms with Crippen molar-refractivity contribution >= 4 is 0 Å². The maximum absolute atomic E-state index is 9.97. The molecule has 0 aromatic rings. The van der Waals surface area contributed by atoms with Crippen molar-refractivity contribution in [2.24, 2.45) is 5.92 Å². The van der Waals surface area contributed by atoms with Crippen molar-refractivity contribution in [1.82, 2.24) is 4.90 Å². The van der Waals surface area contributed by atoms with Crippen molar-refractivity contribution < 1.29 is 5.11 Å². The Bertz CT molecular complexity index is 148. The van der Waals surface area contributed by atoms with Crippen LogP contribution in [0.15, 0.2) is 0 Å². The average Bonchev–Trinajstić information content (AvgIpc) is 2.74. The van der Waals surface area contributed by atoms with Gasteiger partial charge in [-0.15, -0.1) is 0 Å². The summed E-state index contributed by atoms with van der Waals surface area (Å²) in [5, 5.41) is 9.97. The molecule has 1 atom stereocenters. The summed E-state index contributed by atoms with van der Waals surface area (Å²) in [6.45, 7) is 3.36. The van der Waals surface area contributed by atoms with E-state index in [9.17, 15) is 5.11 Å². The maximum atomic E-state index is 9.97. The van der Waals surface area contributed by atoms with E-state index in [4.69, 9.17) is 0 Å². The van der Waals surface area contributed by atoms with E-state index in [1.807, 2.05) is 0 Å².